The zero-order valence-electron chi connectivity index (χ0n) is 14.1. The quantitative estimate of drug-likeness (QED) is 0.385. The van der Waals surface area contributed by atoms with E-state index < -0.39 is 18.5 Å². The van der Waals surface area contributed by atoms with Gasteiger partial charge in [0.15, 0.2) is 0 Å². The molecule has 0 amide bonds. The van der Waals surface area contributed by atoms with Gasteiger partial charge in [-0.15, -0.1) is 0 Å². The molecule has 0 saturated carbocycles. The Labute approximate surface area is 130 Å². The molecule has 0 aliphatic heterocycles. The number of aliphatic hydroxyl groups excluding tert-OH is 1. The Bertz CT molecular complexity index is 361. The third kappa shape index (κ3) is 16.6. The van der Waals surface area contributed by atoms with Crippen molar-refractivity contribution in [2.45, 2.75) is 70.8 Å². The Morgan fingerprint density at radius 1 is 1.05 bits per heavy atom. The van der Waals surface area contributed by atoms with E-state index >= 15 is 0 Å². The van der Waals surface area contributed by atoms with Gasteiger partial charge in [0.1, 0.15) is 0 Å². The van der Waals surface area contributed by atoms with Gasteiger partial charge >= 0.3 is 5.97 Å². The molecule has 2 N–H and O–H groups in total. The molecule has 0 bridgehead atoms. The molecule has 0 aromatic rings. The molecule has 0 unspecified atom stereocenters. The molecule has 0 aromatic carbocycles. The molecule has 0 fully saturated rings. The van der Waals surface area contributed by atoms with Crippen molar-refractivity contribution in [2.75, 3.05) is 0 Å². The molecule has 0 heterocycles. The van der Waals surface area contributed by atoms with Crippen LogP contribution in [0.15, 0.2) is 36.5 Å². The van der Waals surface area contributed by atoms with Crippen LogP contribution in [0, 0.1) is 0 Å². The van der Waals surface area contributed by atoms with Gasteiger partial charge in [-0.2, -0.15) is 0 Å². The second-order valence-electron chi connectivity index (χ2n) is 5.06. The standard InChI is InChI=1S/C18H30O3/c1-2-3-4-8-11-14-17(19)15-12-9-6-5-7-10-13-16-18(20)21/h5-6,11-12,14-15,17,19H,2-4,7-10,13,16H2,1H3,(H,20,21)/b6-5-,14-11-,15-12-/t17-/m1/s1/i9D/t9-,17+/m0. The highest BCUT2D eigenvalue weighted by Gasteiger charge is 1.94. The second kappa shape index (κ2) is 15.0. The minimum atomic E-state index is -0.762. The Balaban J connectivity index is 3.79. The summed E-state index contributed by atoms with van der Waals surface area (Å²) in [5.74, 6) is -0.762. The zero-order valence-corrected chi connectivity index (χ0v) is 13.1. The first-order valence-corrected chi connectivity index (χ1v) is 7.90. The van der Waals surface area contributed by atoms with Crippen molar-refractivity contribution in [3.8, 4) is 0 Å². The maximum atomic E-state index is 10.3. The highest BCUT2D eigenvalue weighted by molar-refractivity contribution is 5.66. The molecule has 0 radical (unpaired) electrons. The van der Waals surface area contributed by atoms with Crippen LogP contribution in [0.5, 0.6) is 0 Å². The molecule has 2 atom stereocenters. The Morgan fingerprint density at radius 3 is 2.43 bits per heavy atom. The molecule has 3 heteroatoms. The first-order chi connectivity index (χ1) is 10.6. The van der Waals surface area contributed by atoms with Crippen LogP contribution in [0.3, 0.4) is 0 Å². The van der Waals surface area contributed by atoms with Gasteiger partial charge in [-0.25, -0.2) is 0 Å². The lowest BCUT2D eigenvalue weighted by atomic mass is 10.1. The summed E-state index contributed by atoms with van der Waals surface area (Å²) in [4.78, 5) is 10.3. The lowest BCUT2D eigenvalue weighted by Crippen LogP contribution is -1.95. The van der Waals surface area contributed by atoms with Gasteiger partial charge in [-0.1, -0.05) is 56.2 Å². The largest absolute Gasteiger partial charge is 0.481 e. The van der Waals surface area contributed by atoms with E-state index in [1.165, 1.54) is 12.8 Å². The number of aliphatic carboxylic acids is 1. The van der Waals surface area contributed by atoms with Crippen molar-refractivity contribution < 1.29 is 16.4 Å². The first kappa shape index (κ1) is 17.7. The number of carboxylic acid groups (broad SMARTS) is 1. The summed E-state index contributed by atoms with van der Waals surface area (Å²) in [5.41, 5.74) is 0. The molecule has 0 rings (SSSR count). The van der Waals surface area contributed by atoms with E-state index in [2.05, 4.69) is 6.92 Å². The Morgan fingerprint density at radius 2 is 1.71 bits per heavy atom. The number of unbranched alkanes of at least 4 members (excludes halogenated alkanes) is 5. The minimum Gasteiger partial charge on any atom is -0.481 e. The van der Waals surface area contributed by atoms with Crippen molar-refractivity contribution in [1.29, 1.82) is 0 Å². The van der Waals surface area contributed by atoms with E-state index in [0.717, 1.165) is 25.7 Å². The molecule has 0 aliphatic rings. The lowest BCUT2D eigenvalue weighted by molar-refractivity contribution is -0.137. The highest BCUT2D eigenvalue weighted by Crippen LogP contribution is 2.03. The molecule has 0 aromatic heterocycles. The number of aliphatic hydroxyl groups is 1. The summed E-state index contributed by atoms with van der Waals surface area (Å²) < 4.78 is 7.78. The molecule has 3 nitrogen and oxygen atoms in total. The van der Waals surface area contributed by atoms with E-state index in [9.17, 15) is 9.90 Å². The van der Waals surface area contributed by atoms with Crippen LogP contribution < -0.4 is 0 Å². The van der Waals surface area contributed by atoms with Crippen LogP contribution in [0.4, 0.5) is 0 Å². The average Bonchev–Trinajstić information content (AvgIpc) is 2.48. The average molecular weight is 295 g/mol. The monoisotopic (exact) mass is 295 g/mol. The molecule has 0 aliphatic carbocycles. The van der Waals surface area contributed by atoms with Crippen molar-refractivity contribution in [2.24, 2.45) is 0 Å². The summed E-state index contributed by atoms with van der Waals surface area (Å²) >= 11 is 0. The van der Waals surface area contributed by atoms with Crippen molar-refractivity contribution >= 4 is 5.97 Å². The summed E-state index contributed by atoms with van der Waals surface area (Å²) in [6.07, 6.45) is 16.6. The van der Waals surface area contributed by atoms with Gasteiger partial charge in [0.2, 0.25) is 0 Å². The number of hydrogen-bond acceptors (Lipinski definition) is 2. The van der Waals surface area contributed by atoms with Gasteiger partial charge < -0.3 is 10.2 Å². The van der Waals surface area contributed by atoms with Crippen molar-refractivity contribution in [3.05, 3.63) is 36.5 Å². The molecular formula is C18H30O3. The number of carbonyl (C=O) groups is 1. The third-order valence-electron chi connectivity index (χ3n) is 2.99. The van der Waals surface area contributed by atoms with Crippen molar-refractivity contribution in [3.63, 3.8) is 0 Å². The third-order valence-corrected chi connectivity index (χ3v) is 2.99. The predicted octanol–water partition coefficient (Wildman–Crippen LogP) is 4.63. The minimum absolute atomic E-state index is 0.203. The maximum Gasteiger partial charge on any atom is 0.303 e. The van der Waals surface area contributed by atoms with Crippen LogP contribution in [0.2, 0.25) is 0 Å². The van der Waals surface area contributed by atoms with Gasteiger partial charge in [0.25, 0.3) is 0 Å². The summed E-state index contributed by atoms with van der Waals surface area (Å²) in [6, 6.07) is 0. The van der Waals surface area contributed by atoms with Crippen LogP contribution in [0.1, 0.15) is 66.1 Å². The van der Waals surface area contributed by atoms with Crippen LogP contribution >= 0.6 is 0 Å². The van der Waals surface area contributed by atoms with E-state index in [1.54, 1.807) is 24.3 Å². The summed E-state index contributed by atoms with van der Waals surface area (Å²) in [7, 11) is 0. The van der Waals surface area contributed by atoms with Crippen LogP contribution in [-0.4, -0.2) is 22.3 Å². The fourth-order valence-electron chi connectivity index (χ4n) is 1.77. The van der Waals surface area contributed by atoms with Crippen LogP contribution in [-0.2, 0) is 4.79 Å². The van der Waals surface area contributed by atoms with Crippen molar-refractivity contribution in [1.82, 2.24) is 0 Å². The van der Waals surface area contributed by atoms with Gasteiger partial charge in [0.05, 0.1) is 6.10 Å². The summed E-state index contributed by atoms with van der Waals surface area (Å²) in [6.45, 7) is 2.16. The normalized spacial score (nSPS) is 15.8. The number of carboxylic acids is 1. The van der Waals surface area contributed by atoms with E-state index in [1.807, 2.05) is 12.2 Å². The SMILES string of the molecule is [2H][C@@H](/C=C\CCCCC(=O)O)/C=C\[C@H](O)/C=C\CCCCC. The van der Waals surface area contributed by atoms with E-state index in [0.29, 0.717) is 6.42 Å². The molecule has 0 spiro atoms. The van der Waals surface area contributed by atoms with E-state index in [-0.39, 0.29) is 6.42 Å². The van der Waals surface area contributed by atoms with Crippen LogP contribution in [0.25, 0.3) is 0 Å². The second-order valence-corrected chi connectivity index (χ2v) is 5.06. The van der Waals surface area contributed by atoms with Gasteiger partial charge in [-0.05, 0) is 38.5 Å². The lowest BCUT2D eigenvalue weighted by Gasteiger charge is -1.97. The first-order valence-electron chi connectivity index (χ1n) is 8.47. The maximum absolute atomic E-state index is 10.3. The fraction of sp³-hybridized carbons (Fsp3) is 0.611. The fourth-order valence-corrected chi connectivity index (χ4v) is 1.77. The number of hydrogen-bond donors (Lipinski definition) is 2. The Kier molecular flexibility index (Phi) is 12.7. The number of allylic oxidation sites excluding steroid dienone is 4. The van der Waals surface area contributed by atoms with Gasteiger partial charge in [-0.3, -0.25) is 4.79 Å². The molecular weight excluding hydrogens is 264 g/mol. The topological polar surface area (TPSA) is 57.5 Å². The Hall–Kier alpha value is -1.35. The zero-order chi connectivity index (χ0) is 16.6. The molecule has 0 saturated heterocycles. The molecule has 21 heavy (non-hydrogen) atoms. The highest BCUT2D eigenvalue weighted by atomic mass is 16.4. The van der Waals surface area contributed by atoms with E-state index in [4.69, 9.17) is 6.48 Å². The van der Waals surface area contributed by atoms with Gasteiger partial charge in [0, 0.05) is 7.79 Å². The molecule has 120 valence electrons. The predicted molar refractivity (Wildman–Crippen MR) is 88.3 cm³/mol. The smallest absolute Gasteiger partial charge is 0.303 e. The number of rotatable bonds is 13. The summed E-state index contributed by atoms with van der Waals surface area (Å²) in [5, 5.41) is 18.2.